The minimum Gasteiger partial charge on any atom is -0.329 e. The summed E-state index contributed by atoms with van der Waals surface area (Å²) in [7, 11) is 0. The van der Waals surface area contributed by atoms with Gasteiger partial charge in [0.2, 0.25) is 0 Å². The van der Waals surface area contributed by atoms with Crippen LogP contribution in [0.3, 0.4) is 0 Å². The van der Waals surface area contributed by atoms with E-state index in [4.69, 9.17) is 0 Å². The minimum atomic E-state index is 0.387. The highest BCUT2D eigenvalue weighted by atomic mass is 32.1. The van der Waals surface area contributed by atoms with Gasteiger partial charge in [0, 0.05) is 6.42 Å². The summed E-state index contributed by atoms with van der Waals surface area (Å²) >= 11 is 4.21. The Balaban J connectivity index is 2.28. The molecule has 0 aliphatic carbocycles. The Morgan fingerprint density at radius 1 is 1.80 bits per heavy atom. The minimum absolute atomic E-state index is 0.387. The van der Waals surface area contributed by atoms with Crippen molar-refractivity contribution in [3.63, 3.8) is 0 Å². The zero-order valence-corrected chi connectivity index (χ0v) is 6.64. The lowest BCUT2D eigenvalue weighted by Crippen LogP contribution is -1.95. The van der Waals surface area contributed by atoms with Gasteiger partial charge in [-0.25, -0.2) is 0 Å². The van der Waals surface area contributed by atoms with Crippen molar-refractivity contribution in [3.8, 4) is 0 Å². The maximum atomic E-state index is 4.44. The summed E-state index contributed by atoms with van der Waals surface area (Å²) in [6, 6.07) is 0. The standard InChI is InChI=1S/C6H9N2OS/c1-5(10)2-3-6-7-4-9-8-6/h5,10H,2-3H2,1H3. The first-order valence-electron chi connectivity index (χ1n) is 3.15. The second-order valence-corrected chi connectivity index (χ2v) is 3.07. The van der Waals surface area contributed by atoms with Crippen LogP contribution >= 0.6 is 12.6 Å². The lowest BCUT2D eigenvalue weighted by molar-refractivity contribution is 0.402. The molecule has 1 unspecified atom stereocenters. The molecular formula is C6H9N2OS. The third kappa shape index (κ3) is 2.39. The molecule has 1 heterocycles. The van der Waals surface area contributed by atoms with Gasteiger partial charge in [0.1, 0.15) is 0 Å². The van der Waals surface area contributed by atoms with Crippen LogP contribution in [0.4, 0.5) is 0 Å². The molecule has 3 nitrogen and oxygen atoms in total. The van der Waals surface area contributed by atoms with E-state index < -0.39 is 0 Å². The third-order valence-electron chi connectivity index (χ3n) is 1.15. The quantitative estimate of drug-likeness (QED) is 0.668. The first-order valence-corrected chi connectivity index (χ1v) is 3.67. The number of rotatable bonds is 3. The highest BCUT2D eigenvalue weighted by molar-refractivity contribution is 7.80. The zero-order chi connectivity index (χ0) is 7.40. The highest BCUT2D eigenvalue weighted by Gasteiger charge is 2.00. The summed E-state index contributed by atoms with van der Waals surface area (Å²) in [6.45, 7) is 2.03. The molecule has 1 atom stereocenters. The van der Waals surface area contributed by atoms with Gasteiger partial charge in [-0.1, -0.05) is 12.1 Å². The first kappa shape index (κ1) is 7.60. The van der Waals surface area contributed by atoms with E-state index in [0.717, 1.165) is 12.8 Å². The molecule has 1 aromatic heterocycles. The summed E-state index contributed by atoms with van der Waals surface area (Å²) in [5, 5.41) is 4.00. The van der Waals surface area contributed by atoms with Crippen LogP contribution in [0, 0.1) is 6.39 Å². The van der Waals surface area contributed by atoms with Crippen LogP contribution in [0.15, 0.2) is 4.52 Å². The van der Waals surface area contributed by atoms with Gasteiger partial charge < -0.3 is 4.52 Å². The van der Waals surface area contributed by atoms with Crippen molar-refractivity contribution >= 4 is 12.6 Å². The molecule has 0 aromatic carbocycles. The predicted octanol–water partition coefficient (Wildman–Crippen LogP) is 1.12. The predicted molar refractivity (Wildman–Crippen MR) is 39.9 cm³/mol. The van der Waals surface area contributed by atoms with Gasteiger partial charge in [0.05, 0.1) is 0 Å². The Labute approximate surface area is 65.2 Å². The summed E-state index contributed by atoms with van der Waals surface area (Å²) < 4.78 is 4.44. The number of hydrogen-bond donors (Lipinski definition) is 1. The Hall–Kier alpha value is -0.510. The first-order chi connectivity index (χ1) is 4.79. The fourth-order valence-corrected chi connectivity index (χ4v) is 0.735. The molecule has 1 rings (SSSR count). The van der Waals surface area contributed by atoms with Crippen molar-refractivity contribution < 1.29 is 4.52 Å². The number of nitrogens with zero attached hydrogens (tertiary/aromatic N) is 2. The lowest BCUT2D eigenvalue weighted by Gasteiger charge is -1.97. The average Bonchev–Trinajstić information content (AvgIpc) is 2.34. The Morgan fingerprint density at radius 2 is 2.60 bits per heavy atom. The fraction of sp³-hybridized carbons (Fsp3) is 0.667. The van der Waals surface area contributed by atoms with E-state index in [1.54, 1.807) is 0 Å². The molecule has 55 valence electrons. The summed E-state index contributed by atoms with van der Waals surface area (Å²) in [6.07, 6.45) is 4.08. The van der Waals surface area contributed by atoms with E-state index in [2.05, 4.69) is 33.7 Å². The van der Waals surface area contributed by atoms with E-state index in [0.29, 0.717) is 11.1 Å². The summed E-state index contributed by atoms with van der Waals surface area (Å²) in [5.74, 6) is 0.709. The molecular weight excluding hydrogens is 148 g/mol. The van der Waals surface area contributed by atoms with Crippen molar-refractivity contribution in [2.45, 2.75) is 25.0 Å². The molecule has 0 aliphatic heterocycles. The molecule has 0 bridgehead atoms. The molecule has 0 aliphatic rings. The van der Waals surface area contributed by atoms with Crippen molar-refractivity contribution in [1.82, 2.24) is 10.1 Å². The third-order valence-corrected chi connectivity index (χ3v) is 1.41. The van der Waals surface area contributed by atoms with Crippen molar-refractivity contribution in [3.05, 3.63) is 12.2 Å². The Kier molecular flexibility index (Phi) is 2.74. The van der Waals surface area contributed by atoms with Gasteiger partial charge >= 0.3 is 6.39 Å². The molecule has 0 spiro atoms. The van der Waals surface area contributed by atoms with Crippen LogP contribution in [-0.2, 0) is 6.42 Å². The van der Waals surface area contributed by atoms with Crippen molar-refractivity contribution in [2.75, 3.05) is 0 Å². The number of aryl methyl sites for hydroxylation is 1. The molecule has 10 heavy (non-hydrogen) atoms. The molecule has 1 aromatic rings. The van der Waals surface area contributed by atoms with Gasteiger partial charge in [-0.05, 0) is 11.7 Å². The maximum absolute atomic E-state index is 4.44. The molecule has 0 amide bonds. The van der Waals surface area contributed by atoms with Gasteiger partial charge in [-0.2, -0.15) is 17.6 Å². The molecule has 0 saturated heterocycles. The van der Waals surface area contributed by atoms with Crippen LogP contribution in [-0.4, -0.2) is 15.4 Å². The highest BCUT2D eigenvalue weighted by Crippen LogP contribution is 2.03. The van der Waals surface area contributed by atoms with Crippen LogP contribution < -0.4 is 0 Å². The van der Waals surface area contributed by atoms with Gasteiger partial charge in [0.25, 0.3) is 0 Å². The van der Waals surface area contributed by atoms with Crippen LogP contribution in [0.25, 0.3) is 0 Å². The monoisotopic (exact) mass is 157 g/mol. The second kappa shape index (κ2) is 3.61. The number of hydrogen-bond acceptors (Lipinski definition) is 4. The Bertz CT molecular complexity index is 174. The molecule has 1 radical (unpaired) electrons. The van der Waals surface area contributed by atoms with Gasteiger partial charge in [-0.15, -0.1) is 0 Å². The van der Waals surface area contributed by atoms with E-state index >= 15 is 0 Å². The van der Waals surface area contributed by atoms with E-state index in [1.807, 2.05) is 6.92 Å². The van der Waals surface area contributed by atoms with Gasteiger partial charge in [-0.3, -0.25) is 0 Å². The largest absolute Gasteiger partial charge is 0.329 e. The maximum Gasteiger partial charge on any atom is 0.316 e. The smallest absolute Gasteiger partial charge is 0.316 e. The Morgan fingerprint density at radius 3 is 3.10 bits per heavy atom. The normalized spacial score (nSPS) is 13.4. The zero-order valence-electron chi connectivity index (χ0n) is 5.74. The topological polar surface area (TPSA) is 38.9 Å². The molecule has 0 N–H and O–H groups in total. The molecule has 0 fully saturated rings. The SMILES string of the molecule is CC(S)CCc1n[c]on1. The van der Waals surface area contributed by atoms with E-state index in [9.17, 15) is 0 Å². The van der Waals surface area contributed by atoms with Crippen LogP contribution in [0.1, 0.15) is 19.2 Å². The van der Waals surface area contributed by atoms with E-state index in [-0.39, 0.29) is 0 Å². The number of thiol groups is 1. The van der Waals surface area contributed by atoms with Crippen molar-refractivity contribution in [2.24, 2.45) is 0 Å². The summed E-state index contributed by atoms with van der Waals surface area (Å²) in [5.41, 5.74) is 0. The summed E-state index contributed by atoms with van der Waals surface area (Å²) in [4.78, 5) is 3.75. The number of aromatic nitrogens is 2. The van der Waals surface area contributed by atoms with Crippen LogP contribution in [0.2, 0.25) is 0 Å². The fourth-order valence-electron chi connectivity index (χ4n) is 0.606. The molecule has 4 heteroatoms. The second-order valence-electron chi connectivity index (χ2n) is 2.19. The van der Waals surface area contributed by atoms with Gasteiger partial charge in [0.15, 0.2) is 5.82 Å². The average molecular weight is 157 g/mol. The lowest BCUT2D eigenvalue weighted by atomic mass is 10.2. The van der Waals surface area contributed by atoms with Crippen LogP contribution in [0.5, 0.6) is 0 Å². The van der Waals surface area contributed by atoms with E-state index in [1.165, 1.54) is 0 Å². The molecule has 0 saturated carbocycles. The van der Waals surface area contributed by atoms with Crippen molar-refractivity contribution in [1.29, 1.82) is 0 Å².